The summed E-state index contributed by atoms with van der Waals surface area (Å²) in [6.45, 7) is 1.22. The van der Waals surface area contributed by atoms with E-state index >= 15 is 0 Å². The van der Waals surface area contributed by atoms with Gasteiger partial charge in [-0.05, 0) is 29.6 Å². The Hall–Kier alpha value is -0.130. The summed E-state index contributed by atoms with van der Waals surface area (Å²) >= 11 is 3.80. The van der Waals surface area contributed by atoms with Crippen molar-refractivity contribution in [2.75, 3.05) is 13.2 Å². The van der Waals surface area contributed by atoms with Gasteiger partial charge in [0, 0.05) is 5.92 Å². The number of carboxylic acid groups (broad SMARTS) is 1. The highest BCUT2D eigenvalue weighted by Crippen LogP contribution is 3.04. The summed E-state index contributed by atoms with van der Waals surface area (Å²) < 4.78 is 11.5. The Morgan fingerprint density at radius 3 is 2.29 bits per heavy atom. The van der Waals surface area contributed by atoms with E-state index in [9.17, 15) is 9.90 Å². The van der Waals surface area contributed by atoms with Crippen LogP contribution in [-0.4, -0.2) is 34.4 Å². The number of carbonyl (C=O) groups is 1. The maximum absolute atomic E-state index is 11.8. The quantitative estimate of drug-likeness (QED) is 0.724. The van der Waals surface area contributed by atoms with Crippen LogP contribution in [-0.2, 0) is 14.3 Å². The number of hydrogen-bond acceptors (Lipinski definition) is 3. The van der Waals surface area contributed by atoms with E-state index in [2.05, 4.69) is 15.9 Å². The van der Waals surface area contributed by atoms with Gasteiger partial charge in [0.25, 0.3) is 0 Å². The fourth-order valence-corrected chi connectivity index (χ4v) is 8.83. The highest BCUT2D eigenvalue weighted by atomic mass is 79.9. The SMILES string of the molecule is O=C(O)[C@]12[C@H]3[C@H]4[C@H]5[C@@H]3C3(OCCO3)[C@]1(Br)[C@H]5[C@H]42. The van der Waals surface area contributed by atoms with Crippen molar-refractivity contribution in [2.45, 2.75) is 10.1 Å². The Morgan fingerprint density at radius 1 is 1.12 bits per heavy atom. The summed E-state index contributed by atoms with van der Waals surface area (Å²) in [5.74, 6) is 1.71. The van der Waals surface area contributed by atoms with Gasteiger partial charge in [0.2, 0.25) is 0 Å². The van der Waals surface area contributed by atoms with E-state index in [1.807, 2.05) is 0 Å². The van der Waals surface area contributed by atoms with Crippen molar-refractivity contribution >= 4 is 21.9 Å². The first-order valence-electron chi connectivity index (χ1n) is 6.34. The van der Waals surface area contributed by atoms with Crippen LogP contribution in [0.3, 0.4) is 0 Å². The van der Waals surface area contributed by atoms with E-state index in [1.54, 1.807) is 0 Å². The average Bonchev–Trinajstić information content (AvgIpc) is 2.76. The van der Waals surface area contributed by atoms with E-state index in [4.69, 9.17) is 9.47 Å². The fourth-order valence-electron chi connectivity index (χ4n) is 7.05. The van der Waals surface area contributed by atoms with Crippen molar-refractivity contribution in [3.05, 3.63) is 0 Å². The van der Waals surface area contributed by atoms with Crippen molar-refractivity contribution in [3.63, 3.8) is 0 Å². The number of alkyl halides is 1. The van der Waals surface area contributed by atoms with Crippen molar-refractivity contribution in [1.82, 2.24) is 0 Å². The Bertz CT molecular complexity index is 515. The minimum atomic E-state index is -0.629. The van der Waals surface area contributed by atoms with E-state index < -0.39 is 21.5 Å². The predicted octanol–water partition coefficient (Wildman–Crippen LogP) is 0.699. The molecule has 7 aliphatic rings. The molecular weight excluding hydrogens is 288 g/mol. The number of halogens is 1. The maximum atomic E-state index is 11.8. The third-order valence-corrected chi connectivity index (χ3v) is 8.74. The van der Waals surface area contributed by atoms with Gasteiger partial charge in [0.05, 0.1) is 23.0 Å². The number of rotatable bonds is 1. The molecule has 6 saturated carbocycles. The summed E-state index contributed by atoms with van der Waals surface area (Å²) in [6, 6.07) is 0. The molecule has 7 rings (SSSR count). The van der Waals surface area contributed by atoms with E-state index in [0.29, 0.717) is 48.7 Å². The lowest BCUT2D eigenvalue weighted by atomic mass is 9.14. The van der Waals surface area contributed by atoms with Crippen molar-refractivity contribution in [2.24, 2.45) is 40.9 Å². The molecule has 0 amide bonds. The van der Waals surface area contributed by atoms with E-state index in [1.165, 1.54) is 0 Å². The fraction of sp³-hybridized carbons (Fsp3) is 0.917. The van der Waals surface area contributed by atoms with Crippen LogP contribution in [0, 0.1) is 40.9 Å². The Labute approximate surface area is 106 Å². The topological polar surface area (TPSA) is 55.8 Å². The molecule has 1 heterocycles. The summed E-state index contributed by atoms with van der Waals surface area (Å²) in [7, 11) is 0. The van der Waals surface area contributed by atoms with Gasteiger partial charge in [-0.3, -0.25) is 4.79 Å². The number of hydrogen-bond donors (Lipinski definition) is 1. The number of carboxylic acids is 1. The Balaban J connectivity index is 1.66. The molecule has 0 aromatic rings. The lowest BCUT2D eigenvalue weighted by Gasteiger charge is -2.89. The van der Waals surface area contributed by atoms with Gasteiger partial charge in [-0.1, -0.05) is 15.9 Å². The van der Waals surface area contributed by atoms with Gasteiger partial charge in [-0.2, -0.15) is 0 Å². The lowest BCUT2D eigenvalue weighted by Crippen LogP contribution is -2.94. The van der Waals surface area contributed by atoms with Crippen LogP contribution >= 0.6 is 15.9 Å². The van der Waals surface area contributed by atoms with Crippen LogP contribution in [0.2, 0.25) is 0 Å². The predicted molar refractivity (Wildman–Crippen MR) is 57.3 cm³/mol. The van der Waals surface area contributed by atoms with Gasteiger partial charge < -0.3 is 14.6 Å². The van der Waals surface area contributed by atoms with Gasteiger partial charge in [0.1, 0.15) is 0 Å². The summed E-state index contributed by atoms with van der Waals surface area (Å²) in [6.07, 6.45) is 0. The molecule has 4 nitrogen and oxygen atoms in total. The molecule has 7 fully saturated rings. The van der Waals surface area contributed by atoms with Crippen LogP contribution in [0.15, 0.2) is 0 Å². The molecule has 0 aromatic carbocycles. The summed E-state index contributed by atoms with van der Waals surface area (Å²) in [5, 5.41) is 9.71. The molecule has 1 saturated heterocycles. The third-order valence-electron chi connectivity index (χ3n) is 7.01. The van der Waals surface area contributed by atoms with Crippen LogP contribution < -0.4 is 0 Å². The van der Waals surface area contributed by atoms with Gasteiger partial charge in [0.15, 0.2) is 5.79 Å². The first-order valence-corrected chi connectivity index (χ1v) is 7.13. The van der Waals surface area contributed by atoms with Crippen LogP contribution in [0.4, 0.5) is 0 Å². The zero-order valence-electron chi connectivity index (χ0n) is 8.93. The smallest absolute Gasteiger partial charge is 0.311 e. The molecule has 1 N–H and O–H groups in total. The minimum absolute atomic E-state index is 0.317. The maximum Gasteiger partial charge on any atom is 0.311 e. The molecule has 17 heavy (non-hydrogen) atoms. The summed E-state index contributed by atoms with van der Waals surface area (Å²) in [5.41, 5.74) is -0.563. The van der Waals surface area contributed by atoms with E-state index in [-0.39, 0.29) is 0 Å². The second-order valence-corrected chi connectivity index (χ2v) is 7.76. The largest absolute Gasteiger partial charge is 0.481 e. The van der Waals surface area contributed by atoms with Crippen LogP contribution in [0.25, 0.3) is 0 Å². The molecule has 0 aromatic heterocycles. The molecule has 0 radical (unpaired) electrons. The Morgan fingerprint density at radius 2 is 1.71 bits per heavy atom. The molecular formula is C12H11BrO4. The van der Waals surface area contributed by atoms with Crippen LogP contribution in [0.1, 0.15) is 0 Å². The van der Waals surface area contributed by atoms with Gasteiger partial charge >= 0.3 is 5.97 Å². The Kier molecular flexibility index (Phi) is 0.998. The molecule has 6 aliphatic carbocycles. The average molecular weight is 299 g/mol. The van der Waals surface area contributed by atoms with Crippen molar-refractivity contribution in [1.29, 1.82) is 0 Å². The lowest BCUT2D eigenvalue weighted by molar-refractivity contribution is -0.410. The monoisotopic (exact) mass is 298 g/mol. The standard InChI is InChI=1S/C12H11BrO4/c13-11-7-4-3-5(7)10(11,9(14)15)6(3)8(4)12(11)16-1-2-17-12/h3-8H,1-2H2,(H,14,15)/t3-,4+,5-,6-,7+,8-,10-,11-/m0/s1. The highest BCUT2D eigenvalue weighted by Gasteiger charge is 3.11. The minimum Gasteiger partial charge on any atom is -0.481 e. The first kappa shape index (κ1) is 8.88. The zero-order valence-corrected chi connectivity index (χ0v) is 10.5. The molecule has 1 spiro atoms. The van der Waals surface area contributed by atoms with Gasteiger partial charge in [-0.15, -0.1) is 0 Å². The molecule has 2 bridgehead atoms. The zero-order chi connectivity index (χ0) is 11.4. The summed E-state index contributed by atoms with van der Waals surface area (Å²) in [4.78, 5) is 11.8. The first-order chi connectivity index (χ1) is 8.14. The van der Waals surface area contributed by atoms with Gasteiger partial charge in [-0.25, -0.2) is 0 Å². The van der Waals surface area contributed by atoms with Crippen LogP contribution in [0.5, 0.6) is 0 Å². The molecule has 8 atom stereocenters. The molecule has 0 unspecified atom stereocenters. The van der Waals surface area contributed by atoms with Crippen molar-refractivity contribution < 1.29 is 19.4 Å². The third kappa shape index (κ3) is 0.424. The molecule has 1 aliphatic heterocycles. The van der Waals surface area contributed by atoms with Crippen molar-refractivity contribution in [3.8, 4) is 0 Å². The highest BCUT2D eigenvalue weighted by molar-refractivity contribution is 9.10. The normalized spacial score (nSPS) is 73.5. The number of aliphatic carboxylic acids is 1. The second kappa shape index (κ2) is 1.91. The number of ether oxygens (including phenoxy) is 2. The van der Waals surface area contributed by atoms with E-state index in [0.717, 1.165) is 0 Å². The molecule has 90 valence electrons. The second-order valence-electron chi connectivity index (χ2n) is 6.51. The molecule has 5 heteroatoms.